The Kier molecular flexibility index (Phi) is 7.96. The molecular formula is C23H24Cl2N2O4. The third kappa shape index (κ3) is 5.79. The predicted molar refractivity (Wildman–Crippen MR) is 122 cm³/mol. The van der Waals surface area contributed by atoms with Gasteiger partial charge in [-0.15, -0.1) is 6.58 Å². The number of hydrogen-bond acceptors (Lipinski definition) is 5. The van der Waals surface area contributed by atoms with E-state index in [-0.39, 0.29) is 25.7 Å². The fourth-order valence-electron chi connectivity index (χ4n) is 3.10. The lowest BCUT2D eigenvalue weighted by molar-refractivity contribution is -0.126. The molecule has 8 heteroatoms. The molecule has 1 heterocycles. The van der Waals surface area contributed by atoms with E-state index in [0.29, 0.717) is 41.1 Å². The summed E-state index contributed by atoms with van der Waals surface area (Å²) in [6.07, 6.45) is 2.56. The van der Waals surface area contributed by atoms with Crippen LogP contribution in [0.5, 0.6) is 5.75 Å². The molecule has 2 N–H and O–H groups in total. The number of amides is 1. The summed E-state index contributed by atoms with van der Waals surface area (Å²) in [4.78, 5) is 17.6. The SMILES string of the molecule is C=CC[C@]1(C(=O)NCc2ccc(Cl)cc2Cl)COC(c2ccc(OCCCO)cc2)=N1. The van der Waals surface area contributed by atoms with E-state index in [1.54, 1.807) is 36.4 Å². The monoisotopic (exact) mass is 462 g/mol. The van der Waals surface area contributed by atoms with Crippen molar-refractivity contribution in [2.45, 2.75) is 24.9 Å². The van der Waals surface area contributed by atoms with E-state index in [1.807, 2.05) is 12.1 Å². The van der Waals surface area contributed by atoms with Gasteiger partial charge in [0.15, 0.2) is 5.54 Å². The number of nitrogens with zero attached hydrogens (tertiary/aromatic N) is 1. The molecule has 2 aromatic rings. The van der Waals surface area contributed by atoms with Crippen molar-refractivity contribution in [2.75, 3.05) is 19.8 Å². The quantitative estimate of drug-likeness (QED) is 0.410. The Morgan fingerprint density at radius 3 is 2.74 bits per heavy atom. The highest BCUT2D eigenvalue weighted by Crippen LogP contribution is 2.28. The van der Waals surface area contributed by atoms with Gasteiger partial charge in [0.25, 0.3) is 5.91 Å². The number of aliphatic imine (C=N–C) groups is 1. The molecule has 2 aromatic carbocycles. The number of rotatable bonds is 10. The fourth-order valence-corrected chi connectivity index (χ4v) is 3.58. The van der Waals surface area contributed by atoms with Gasteiger partial charge in [0, 0.05) is 41.6 Å². The van der Waals surface area contributed by atoms with Crippen molar-refractivity contribution >= 4 is 35.0 Å². The van der Waals surface area contributed by atoms with Gasteiger partial charge in [-0.25, -0.2) is 4.99 Å². The van der Waals surface area contributed by atoms with E-state index in [2.05, 4.69) is 16.9 Å². The fraction of sp³-hybridized carbons (Fsp3) is 0.304. The highest BCUT2D eigenvalue weighted by atomic mass is 35.5. The molecular weight excluding hydrogens is 439 g/mol. The Morgan fingerprint density at radius 2 is 2.06 bits per heavy atom. The number of benzene rings is 2. The van der Waals surface area contributed by atoms with E-state index < -0.39 is 5.54 Å². The number of halogens is 2. The van der Waals surface area contributed by atoms with Gasteiger partial charge in [0.2, 0.25) is 5.90 Å². The maximum absolute atomic E-state index is 13.0. The minimum atomic E-state index is -1.09. The molecule has 31 heavy (non-hydrogen) atoms. The van der Waals surface area contributed by atoms with E-state index in [4.69, 9.17) is 37.8 Å². The number of carbonyl (C=O) groups is 1. The number of aliphatic hydroxyl groups is 1. The molecule has 0 radical (unpaired) electrons. The average Bonchev–Trinajstić information content (AvgIpc) is 3.19. The first-order valence-corrected chi connectivity index (χ1v) is 10.6. The second kappa shape index (κ2) is 10.7. The van der Waals surface area contributed by atoms with Crippen LogP contribution in [0.3, 0.4) is 0 Å². The molecule has 0 bridgehead atoms. The molecule has 1 aliphatic rings. The second-order valence-corrected chi connectivity index (χ2v) is 7.94. The molecule has 0 spiro atoms. The van der Waals surface area contributed by atoms with Crippen LogP contribution in [0.4, 0.5) is 0 Å². The predicted octanol–water partition coefficient (Wildman–Crippen LogP) is 4.16. The van der Waals surface area contributed by atoms with Crippen LogP contribution in [0.15, 0.2) is 60.1 Å². The lowest BCUT2D eigenvalue weighted by atomic mass is 9.96. The van der Waals surface area contributed by atoms with Crippen molar-refractivity contribution in [3.05, 3.63) is 76.3 Å². The number of nitrogens with one attached hydrogen (secondary N) is 1. The topological polar surface area (TPSA) is 80.2 Å². The molecule has 164 valence electrons. The zero-order valence-corrected chi connectivity index (χ0v) is 18.5. The van der Waals surface area contributed by atoms with Crippen LogP contribution in [-0.2, 0) is 16.1 Å². The summed E-state index contributed by atoms with van der Waals surface area (Å²) < 4.78 is 11.3. The Balaban J connectivity index is 1.71. The van der Waals surface area contributed by atoms with Gasteiger partial charge in [-0.2, -0.15) is 0 Å². The van der Waals surface area contributed by atoms with E-state index in [9.17, 15) is 4.79 Å². The van der Waals surface area contributed by atoms with Crippen LogP contribution < -0.4 is 10.1 Å². The molecule has 0 aromatic heterocycles. The summed E-state index contributed by atoms with van der Waals surface area (Å²) in [6.45, 7) is 4.65. The number of hydrogen-bond donors (Lipinski definition) is 2. The van der Waals surface area contributed by atoms with Crippen molar-refractivity contribution in [1.82, 2.24) is 5.32 Å². The third-order valence-corrected chi connectivity index (χ3v) is 5.38. The minimum Gasteiger partial charge on any atom is -0.494 e. The van der Waals surface area contributed by atoms with Crippen molar-refractivity contribution in [3.63, 3.8) is 0 Å². The molecule has 0 aliphatic carbocycles. The Labute approximate surface area is 191 Å². The van der Waals surface area contributed by atoms with E-state index in [0.717, 1.165) is 11.1 Å². The summed E-state index contributed by atoms with van der Waals surface area (Å²) in [5, 5.41) is 12.7. The first-order chi connectivity index (χ1) is 15.0. The van der Waals surface area contributed by atoms with E-state index in [1.165, 1.54) is 0 Å². The molecule has 6 nitrogen and oxygen atoms in total. The van der Waals surface area contributed by atoms with Crippen LogP contribution in [0.1, 0.15) is 24.0 Å². The van der Waals surface area contributed by atoms with Crippen LogP contribution >= 0.6 is 23.2 Å². The van der Waals surface area contributed by atoms with Crippen molar-refractivity contribution in [3.8, 4) is 5.75 Å². The van der Waals surface area contributed by atoms with Gasteiger partial charge in [0.1, 0.15) is 12.4 Å². The van der Waals surface area contributed by atoms with Gasteiger partial charge in [0.05, 0.1) is 6.61 Å². The normalized spacial score (nSPS) is 17.6. The maximum atomic E-state index is 13.0. The zero-order chi connectivity index (χ0) is 22.3. The number of ether oxygens (including phenoxy) is 2. The molecule has 0 fully saturated rings. The van der Waals surface area contributed by atoms with Crippen LogP contribution in [0, 0.1) is 0 Å². The molecule has 1 amide bonds. The van der Waals surface area contributed by atoms with Crippen molar-refractivity contribution in [1.29, 1.82) is 0 Å². The van der Waals surface area contributed by atoms with Crippen LogP contribution in [0.25, 0.3) is 0 Å². The highest BCUT2D eigenvalue weighted by Gasteiger charge is 2.43. The molecule has 0 unspecified atom stereocenters. The largest absolute Gasteiger partial charge is 0.494 e. The summed E-state index contributed by atoms with van der Waals surface area (Å²) in [5.74, 6) is 0.812. The highest BCUT2D eigenvalue weighted by molar-refractivity contribution is 6.35. The first-order valence-electron chi connectivity index (χ1n) is 9.87. The first kappa shape index (κ1) is 23.1. The third-order valence-electron chi connectivity index (χ3n) is 4.79. The Hall–Kier alpha value is -2.54. The number of carbonyl (C=O) groups excluding carboxylic acids is 1. The standard InChI is InChI=1S/C23H24Cl2N2O4/c1-2-10-23(22(29)26-14-17-4-7-18(24)13-20(17)25)15-31-21(27-23)16-5-8-19(9-6-16)30-12-3-11-28/h2,4-9,13,28H,1,3,10-12,14-15H2,(H,26,29)/t23-/m1/s1. The lowest BCUT2D eigenvalue weighted by Gasteiger charge is -2.21. The van der Waals surface area contributed by atoms with Gasteiger partial charge >= 0.3 is 0 Å². The Bertz CT molecular complexity index is 963. The zero-order valence-electron chi connectivity index (χ0n) is 16.9. The van der Waals surface area contributed by atoms with E-state index >= 15 is 0 Å². The Morgan fingerprint density at radius 1 is 1.29 bits per heavy atom. The maximum Gasteiger partial charge on any atom is 0.252 e. The van der Waals surface area contributed by atoms with Gasteiger partial charge in [-0.1, -0.05) is 35.3 Å². The molecule has 0 saturated heterocycles. The van der Waals surface area contributed by atoms with Gasteiger partial charge in [-0.05, 0) is 42.0 Å². The second-order valence-electron chi connectivity index (χ2n) is 7.10. The van der Waals surface area contributed by atoms with Gasteiger partial charge in [-0.3, -0.25) is 4.79 Å². The molecule has 1 atom stereocenters. The summed E-state index contributed by atoms with van der Waals surface area (Å²) in [7, 11) is 0. The average molecular weight is 463 g/mol. The molecule has 0 saturated carbocycles. The van der Waals surface area contributed by atoms with Crippen molar-refractivity contribution in [2.24, 2.45) is 4.99 Å². The van der Waals surface area contributed by atoms with Crippen LogP contribution in [0.2, 0.25) is 10.0 Å². The van der Waals surface area contributed by atoms with Crippen molar-refractivity contribution < 1.29 is 19.4 Å². The van der Waals surface area contributed by atoms with Gasteiger partial charge < -0.3 is 19.9 Å². The van der Waals surface area contributed by atoms with Crippen LogP contribution in [-0.4, -0.2) is 42.3 Å². The smallest absolute Gasteiger partial charge is 0.252 e. The number of aliphatic hydroxyl groups excluding tert-OH is 1. The lowest BCUT2D eigenvalue weighted by Crippen LogP contribution is -2.46. The molecule has 1 aliphatic heterocycles. The summed E-state index contributed by atoms with van der Waals surface area (Å²) >= 11 is 12.1. The summed E-state index contributed by atoms with van der Waals surface area (Å²) in [5.41, 5.74) is 0.411. The minimum absolute atomic E-state index is 0.0837. The summed E-state index contributed by atoms with van der Waals surface area (Å²) in [6, 6.07) is 12.4. The molecule has 3 rings (SSSR count).